The van der Waals surface area contributed by atoms with Gasteiger partial charge in [-0.25, -0.2) is 0 Å². The number of fused-ring (bicyclic) bond motifs is 1. The van der Waals surface area contributed by atoms with Gasteiger partial charge in [-0.05, 0) is 25.5 Å². The molecule has 5 nitrogen and oxygen atoms in total. The minimum Gasteiger partial charge on any atom is -0.335 e. The van der Waals surface area contributed by atoms with E-state index >= 15 is 0 Å². The number of nitrogens with zero attached hydrogens (tertiary/aromatic N) is 4. The molecule has 26 heavy (non-hydrogen) atoms. The Morgan fingerprint density at radius 3 is 2.62 bits per heavy atom. The van der Waals surface area contributed by atoms with E-state index in [0.29, 0.717) is 0 Å². The van der Waals surface area contributed by atoms with Gasteiger partial charge < -0.3 is 4.90 Å². The van der Waals surface area contributed by atoms with Crippen LogP contribution in [-0.2, 0) is 13.6 Å². The molecule has 2 aromatic heterocycles. The number of thiophene rings is 1. The van der Waals surface area contributed by atoms with Crippen LogP contribution in [0.5, 0.6) is 0 Å². The standard InChI is InChI=1S/C20H24N4OS/c1-14-5-4-6-16(11-14)13-23-7-9-24(10-8-23)19(25)18-12-17-15(2)21-22(3)20(17)26-18/h4-6,11-12H,7-10,13H2,1-3H3. The maximum Gasteiger partial charge on any atom is 0.264 e. The molecule has 4 rings (SSSR count). The van der Waals surface area contributed by atoms with E-state index in [4.69, 9.17) is 0 Å². The molecule has 1 aliphatic rings. The predicted octanol–water partition coefficient (Wildman–Crippen LogP) is 3.21. The first kappa shape index (κ1) is 17.2. The van der Waals surface area contributed by atoms with Crippen LogP contribution in [0.2, 0.25) is 0 Å². The summed E-state index contributed by atoms with van der Waals surface area (Å²) in [5, 5.41) is 5.51. The molecule has 3 heterocycles. The van der Waals surface area contributed by atoms with Crippen LogP contribution in [0.25, 0.3) is 10.2 Å². The average Bonchev–Trinajstić information content (AvgIpc) is 3.17. The van der Waals surface area contributed by atoms with Crippen molar-refractivity contribution >= 4 is 27.5 Å². The van der Waals surface area contributed by atoms with Crippen LogP contribution in [-0.4, -0.2) is 51.7 Å². The van der Waals surface area contributed by atoms with E-state index in [9.17, 15) is 4.79 Å². The Kier molecular flexibility index (Phi) is 4.54. The summed E-state index contributed by atoms with van der Waals surface area (Å²) < 4.78 is 1.87. The molecule has 1 aliphatic heterocycles. The molecule has 0 bridgehead atoms. The number of carbonyl (C=O) groups is 1. The van der Waals surface area contributed by atoms with E-state index in [0.717, 1.165) is 53.5 Å². The molecule has 1 fully saturated rings. The maximum atomic E-state index is 12.9. The van der Waals surface area contributed by atoms with Crippen LogP contribution in [0.1, 0.15) is 26.5 Å². The molecule has 0 N–H and O–H groups in total. The number of piperazine rings is 1. The van der Waals surface area contributed by atoms with Crippen molar-refractivity contribution in [2.45, 2.75) is 20.4 Å². The summed E-state index contributed by atoms with van der Waals surface area (Å²) in [5.74, 6) is 0.154. The highest BCUT2D eigenvalue weighted by molar-refractivity contribution is 7.20. The molecule has 1 aromatic carbocycles. The fourth-order valence-corrected chi connectivity index (χ4v) is 4.74. The lowest BCUT2D eigenvalue weighted by atomic mass is 10.1. The Balaban J connectivity index is 1.40. The third-order valence-electron chi connectivity index (χ3n) is 5.06. The van der Waals surface area contributed by atoms with Gasteiger partial charge in [0.15, 0.2) is 0 Å². The first-order valence-electron chi connectivity index (χ1n) is 9.01. The van der Waals surface area contributed by atoms with Crippen LogP contribution in [0, 0.1) is 13.8 Å². The van der Waals surface area contributed by atoms with Crippen molar-refractivity contribution in [2.24, 2.45) is 7.05 Å². The predicted molar refractivity (Wildman–Crippen MR) is 106 cm³/mol. The normalized spacial score (nSPS) is 15.7. The molecule has 6 heteroatoms. The highest BCUT2D eigenvalue weighted by Crippen LogP contribution is 2.28. The van der Waals surface area contributed by atoms with Gasteiger partial charge in [-0.1, -0.05) is 29.8 Å². The van der Waals surface area contributed by atoms with E-state index in [-0.39, 0.29) is 5.91 Å². The van der Waals surface area contributed by atoms with Crippen molar-refractivity contribution in [2.75, 3.05) is 26.2 Å². The first-order chi connectivity index (χ1) is 12.5. The summed E-state index contributed by atoms with van der Waals surface area (Å²) in [4.78, 5) is 19.2. The first-order valence-corrected chi connectivity index (χ1v) is 9.83. The highest BCUT2D eigenvalue weighted by Gasteiger charge is 2.24. The van der Waals surface area contributed by atoms with Crippen molar-refractivity contribution < 1.29 is 4.79 Å². The lowest BCUT2D eigenvalue weighted by Gasteiger charge is -2.34. The molecular weight excluding hydrogens is 344 g/mol. The molecule has 1 amide bonds. The third kappa shape index (κ3) is 3.27. The second-order valence-electron chi connectivity index (χ2n) is 7.10. The van der Waals surface area contributed by atoms with Crippen molar-refractivity contribution in [3.05, 3.63) is 52.0 Å². The van der Waals surface area contributed by atoms with E-state index in [1.807, 2.05) is 29.6 Å². The Morgan fingerprint density at radius 1 is 1.15 bits per heavy atom. The van der Waals surface area contributed by atoms with Crippen molar-refractivity contribution in [3.8, 4) is 0 Å². The highest BCUT2D eigenvalue weighted by atomic mass is 32.1. The van der Waals surface area contributed by atoms with Crippen LogP contribution < -0.4 is 0 Å². The Hall–Kier alpha value is -2.18. The van der Waals surface area contributed by atoms with Crippen LogP contribution in [0.3, 0.4) is 0 Å². The molecule has 0 aliphatic carbocycles. The molecule has 0 radical (unpaired) electrons. The quantitative estimate of drug-likeness (QED) is 0.713. The number of rotatable bonds is 3. The summed E-state index contributed by atoms with van der Waals surface area (Å²) in [7, 11) is 1.93. The van der Waals surface area contributed by atoms with Gasteiger partial charge in [-0.3, -0.25) is 14.4 Å². The zero-order valence-corrected chi connectivity index (χ0v) is 16.3. The number of amides is 1. The number of aryl methyl sites for hydroxylation is 3. The fraction of sp³-hybridized carbons (Fsp3) is 0.400. The van der Waals surface area contributed by atoms with Crippen molar-refractivity contribution in [1.82, 2.24) is 19.6 Å². The Labute approximate surface area is 157 Å². The summed E-state index contributed by atoms with van der Waals surface area (Å²) >= 11 is 1.55. The smallest absolute Gasteiger partial charge is 0.264 e. The summed E-state index contributed by atoms with van der Waals surface area (Å²) in [6, 6.07) is 10.7. The average molecular weight is 369 g/mol. The maximum absolute atomic E-state index is 12.9. The summed E-state index contributed by atoms with van der Waals surface area (Å²) in [5.41, 5.74) is 3.63. The van der Waals surface area contributed by atoms with Gasteiger partial charge in [-0.2, -0.15) is 5.10 Å². The molecule has 1 saturated heterocycles. The van der Waals surface area contributed by atoms with Gasteiger partial charge in [0.25, 0.3) is 5.91 Å². The molecule has 0 saturated carbocycles. The summed E-state index contributed by atoms with van der Waals surface area (Å²) in [6.07, 6.45) is 0. The molecule has 0 unspecified atom stereocenters. The van der Waals surface area contributed by atoms with Gasteiger partial charge >= 0.3 is 0 Å². The lowest BCUT2D eigenvalue weighted by Crippen LogP contribution is -2.48. The number of carbonyl (C=O) groups excluding carboxylic acids is 1. The number of hydrogen-bond acceptors (Lipinski definition) is 4. The second kappa shape index (κ2) is 6.85. The largest absolute Gasteiger partial charge is 0.335 e. The second-order valence-corrected chi connectivity index (χ2v) is 8.13. The van der Waals surface area contributed by atoms with E-state index in [1.54, 1.807) is 11.3 Å². The van der Waals surface area contributed by atoms with E-state index < -0.39 is 0 Å². The van der Waals surface area contributed by atoms with Crippen LogP contribution in [0.15, 0.2) is 30.3 Å². The minimum atomic E-state index is 0.154. The molecule has 0 atom stereocenters. The van der Waals surface area contributed by atoms with Crippen molar-refractivity contribution in [3.63, 3.8) is 0 Å². The van der Waals surface area contributed by atoms with Gasteiger partial charge in [-0.15, -0.1) is 11.3 Å². The van der Waals surface area contributed by atoms with Crippen LogP contribution >= 0.6 is 11.3 Å². The van der Waals surface area contributed by atoms with E-state index in [1.165, 1.54) is 11.1 Å². The van der Waals surface area contributed by atoms with Crippen molar-refractivity contribution in [1.29, 1.82) is 0 Å². The Bertz CT molecular complexity index is 916. The lowest BCUT2D eigenvalue weighted by molar-refractivity contribution is 0.0633. The summed E-state index contributed by atoms with van der Waals surface area (Å²) in [6.45, 7) is 8.50. The fourth-order valence-electron chi connectivity index (χ4n) is 3.64. The van der Waals surface area contributed by atoms with E-state index in [2.05, 4.69) is 41.2 Å². The molecule has 0 spiro atoms. The van der Waals surface area contributed by atoms with Gasteiger partial charge in [0.05, 0.1) is 10.6 Å². The zero-order chi connectivity index (χ0) is 18.3. The third-order valence-corrected chi connectivity index (χ3v) is 6.25. The minimum absolute atomic E-state index is 0.154. The monoisotopic (exact) mass is 368 g/mol. The number of benzene rings is 1. The number of hydrogen-bond donors (Lipinski definition) is 0. The molecular formula is C20H24N4OS. The van der Waals surface area contributed by atoms with Gasteiger partial charge in [0.1, 0.15) is 4.83 Å². The zero-order valence-electron chi connectivity index (χ0n) is 15.5. The topological polar surface area (TPSA) is 41.4 Å². The van der Waals surface area contributed by atoms with Gasteiger partial charge in [0, 0.05) is 45.2 Å². The molecule has 136 valence electrons. The SMILES string of the molecule is Cc1cccc(CN2CCN(C(=O)c3cc4c(C)nn(C)c4s3)CC2)c1. The number of aromatic nitrogens is 2. The van der Waals surface area contributed by atoms with Crippen LogP contribution in [0.4, 0.5) is 0 Å². The molecule has 3 aromatic rings. The van der Waals surface area contributed by atoms with Gasteiger partial charge in [0.2, 0.25) is 0 Å². The Morgan fingerprint density at radius 2 is 1.92 bits per heavy atom.